The van der Waals surface area contributed by atoms with Crippen LogP contribution < -0.4 is 4.74 Å². The first-order chi connectivity index (χ1) is 20.1. The van der Waals surface area contributed by atoms with E-state index in [1.807, 2.05) is 23.1 Å². The normalized spacial score (nSPS) is 16.5. The van der Waals surface area contributed by atoms with Gasteiger partial charge in [-0.25, -0.2) is 9.98 Å². The predicted molar refractivity (Wildman–Crippen MR) is 167 cm³/mol. The summed E-state index contributed by atoms with van der Waals surface area (Å²) in [5.74, 6) is 0.214. The van der Waals surface area contributed by atoms with Crippen LogP contribution in [-0.4, -0.2) is 82.6 Å². The number of rotatable bonds is 8. The molecule has 2 N–H and O–H groups in total. The standard InChI is InChI=1S/C27H32N4OS2.C4H6O4/c1-18(2)26-29-24-25(28-22-7-5-6-8-23(22)33-27(24)34-26)31-16-15-30(3)20(17-31)12-9-19-10-13-21(32-4)14-11-19;5-3(6)1-2-4(7)8/h5-8,10-11,13-14,18,20H,9,12,15-17H2,1-4H3;1-2H2,(H,5,6)(H,7,8)/t20-;/m0./s1. The molecule has 3 aromatic rings. The van der Waals surface area contributed by atoms with E-state index in [2.05, 4.69) is 79.2 Å². The van der Waals surface area contributed by atoms with Crippen molar-refractivity contribution in [2.75, 3.05) is 33.8 Å². The number of aliphatic imine (C=N–C) groups is 1. The summed E-state index contributed by atoms with van der Waals surface area (Å²) >= 11 is 3.64. The van der Waals surface area contributed by atoms with Crippen molar-refractivity contribution < 1.29 is 24.5 Å². The van der Waals surface area contributed by atoms with Crippen LogP contribution in [0, 0.1) is 0 Å². The zero-order valence-electron chi connectivity index (χ0n) is 24.4. The molecule has 42 heavy (non-hydrogen) atoms. The van der Waals surface area contributed by atoms with Gasteiger partial charge in [0, 0.05) is 36.5 Å². The molecule has 3 heterocycles. The van der Waals surface area contributed by atoms with Crippen LogP contribution in [0.2, 0.25) is 0 Å². The Bertz CT molecular complexity index is 1390. The summed E-state index contributed by atoms with van der Waals surface area (Å²) in [5, 5.41) is 17.0. The molecule has 0 spiro atoms. The first-order valence-corrected chi connectivity index (χ1v) is 15.7. The van der Waals surface area contributed by atoms with Crippen LogP contribution in [0.3, 0.4) is 0 Å². The molecule has 1 fully saturated rings. The molecule has 9 nitrogen and oxygen atoms in total. The third-order valence-corrected chi connectivity index (χ3v) is 9.76. The molecule has 2 aromatic carbocycles. The third kappa shape index (κ3) is 8.33. The summed E-state index contributed by atoms with van der Waals surface area (Å²) in [6, 6.07) is 17.4. The zero-order valence-corrected chi connectivity index (χ0v) is 26.1. The molecule has 5 rings (SSSR count). The maximum absolute atomic E-state index is 9.64. The van der Waals surface area contributed by atoms with E-state index < -0.39 is 11.9 Å². The lowest BCUT2D eigenvalue weighted by atomic mass is 10.0. The van der Waals surface area contributed by atoms with Crippen LogP contribution in [-0.2, 0) is 16.0 Å². The summed E-state index contributed by atoms with van der Waals surface area (Å²) in [6.45, 7) is 7.40. The third-order valence-electron chi connectivity index (χ3n) is 7.17. The minimum Gasteiger partial charge on any atom is -0.497 e. The van der Waals surface area contributed by atoms with Crippen LogP contribution in [0.25, 0.3) is 0 Å². The van der Waals surface area contributed by atoms with E-state index in [1.165, 1.54) is 19.7 Å². The van der Waals surface area contributed by atoms with E-state index >= 15 is 0 Å². The van der Waals surface area contributed by atoms with Gasteiger partial charge in [0.25, 0.3) is 0 Å². The van der Waals surface area contributed by atoms with Crippen molar-refractivity contribution >= 4 is 46.6 Å². The number of carboxylic acids is 2. The number of carboxylic acid groups (broad SMARTS) is 2. The second-order valence-electron chi connectivity index (χ2n) is 10.6. The SMILES string of the molecule is COc1ccc(CC[C@H]2CN(C3=Nc4ccccc4Sc4sc(C(C)C)nc43)CCN2C)cc1.O=C(O)CCC(=O)O. The average molecular weight is 611 g/mol. The van der Waals surface area contributed by atoms with Crippen molar-refractivity contribution in [3.8, 4) is 5.75 Å². The Hall–Kier alpha value is -3.41. The van der Waals surface area contributed by atoms with Crippen LogP contribution >= 0.6 is 23.1 Å². The van der Waals surface area contributed by atoms with Crippen LogP contribution in [0.1, 0.15) is 55.3 Å². The number of piperazine rings is 1. The van der Waals surface area contributed by atoms with Gasteiger partial charge in [0.05, 0.1) is 34.9 Å². The summed E-state index contributed by atoms with van der Waals surface area (Å²) in [5.41, 5.74) is 3.47. The summed E-state index contributed by atoms with van der Waals surface area (Å²) in [4.78, 5) is 35.8. The fourth-order valence-corrected chi connectivity index (χ4v) is 6.98. The van der Waals surface area contributed by atoms with E-state index in [0.29, 0.717) is 12.0 Å². The van der Waals surface area contributed by atoms with E-state index in [4.69, 9.17) is 24.9 Å². The van der Waals surface area contributed by atoms with Gasteiger partial charge in [0.2, 0.25) is 0 Å². The lowest BCUT2D eigenvalue weighted by molar-refractivity contribution is -0.143. The second-order valence-corrected chi connectivity index (χ2v) is 12.9. The Labute approximate surface area is 255 Å². The van der Waals surface area contributed by atoms with Gasteiger partial charge in [0.15, 0.2) is 5.84 Å². The molecule has 1 saturated heterocycles. The lowest BCUT2D eigenvalue weighted by Gasteiger charge is -2.40. The Morgan fingerprint density at radius 1 is 1.05 bits per heavy atom. The number of amidine groups is 1. The number of ether oxygens (including phenoxy) is 1. The fraction of sp³-hybridized carbons (Fsp3) is 0.419. The number of benzene rings is 2. The van der Waals surface area contributed by atoms with E-state index in [-0.39, 0.29) is 12.8 Å². The number of fused-ring (bicyclic) bond motifs is 2. The van der Waals surface area contributed by atoms with Crippen molar-refractivity contribution in [3.63, 3.8) is 0 Å². The maximum Gasteiger partial charge on any atom is 0.303 e. The lowest BCUT2D eigenvalue weighted by Crippen LogP contribution is -2.53. The fourth-order valence-electron chi connectivity index (χ4n) is 4.69. The number of aryl methyl sites for hydroxylation is 1. The Balaban J connectivity index is 0.000000446. The van der Waals surface area contributed by atoms with Gasteiger partial charge < -0.3 is 19.8 Å². The molecule has 0 aliphatic carbocycles. The molecule has 0 bridgehead atoms. The van der Waals surface area contributed by atoms with Gasteiger partial charge in [-0.1, -0.05) is 49.9 Å². The van der Waals surface area contributed by atoms with E-state index in [0.717, 1.165) is 55.4 Å². The number of para-hydroxylation sites is 1. The highest BCUT2D eigenvalue weighted by Crippen LogP contribution is 2.44. The monoisotopic (exact) mass is 610 g/mol. The Morgan fingerprint density at radius 3 is 2.38 bits per heavy atom. The van der Waals surface area contributed by atoms with Crippen LogP contribution in [0.5, 0.6) is 5.75 Å². The highest BCUT2D eigenvalue weighted by atomic mass is 32.2. The molecular formula is C31H38N4O5S2. The summed E-state index contributed by atoms with van der Waals surface area (Å²) in [7, 11) is 3.97. The highest BCUT2D eigenvalue weighted by Gasteiger charge is 2.31. The average Bonchev–Trinajstić information content (AvgIpc) is 3.33. The summed E-state index contributed by atoms with van der Waals surface area (Å²) in [6.07, 6.45) is 1.57. The number of thiazole rings is 1. The Morgan fingerprint density at radius 2 is 1.74 bits per heavy atom. The number of aliphatic carboxylic acids is 2. The van der Waals surface area contributed by atoms with Gasteiger partial charge in [-0.05, 0) is 49.7 Å². The molecule has 2 aliphatic heterocycles. The van der Waals surface area contributed by atoms with Crippen molar-refractivity contribution in [2.24, 2.45) is 4.99 Å². The maximum atomic E-state index is 9.64. The van der Waals surface area contributed by atoms with E-state index in [9.17, 15) is 9.59 Å². The van der Waals surface area contributed by atoms with Crippen molar-refractivity contribution in [1.29, 1.82) is 0 Å². The van der Waals surface area contributed by atoms with Crippen molar-refractivity contribution in [1.82, 2.24) is 14.8 Å². The second kappa shape index (κ2) is 14.7. The molecule has 11 heteroatoms. The van der Waals surface area contributed by atoms with Gasteiger partial charge in [-0.15, -0.1) is 11.3 Å². The van der Waals surface area contributed by atoms with Gasteiger partial charge >= 0.3 is 11.9 Å². The topological polar surface area (TPSA) is 116 Å². The molecule has 1 atom stereocenters. The smallest absolute Gasteiger partial charge is 0.303 e. The molecule has 2 aliphatic rings. The summed E-state index contributed by atoms with van der Waals surface area (Å²) < 4.78 is 6.57. The van der Waals surface area contributed by atoms with Gasteiger partial charge in [-0.3, -0.25) is 14.5 Å². The molecule has 0 saturated carbocycles. The Kier molecular flexibility index (Phi) is 11.0. The molecule has 0 unspecified atom stereocenters. The minimum absolute atomic E-state index is 0.296. The first-order valence-electron chi connectivity index (χ1n) is 14.0. The number of hydrogen-bond acceptors (Lipinski definition) is 9. The molecule has 0 amide bonds. The quantitative estimate of drug-likeness (QED) is 0.317. The van der Waals surface area contributed by atoms with E-state index in [1.54, 1.807) is 7.11 Å². The number of methoxy groups -OCH3 is 1. The molecule has 1 aromatic heterocycles. The predicted octanol–water partition coefficient (Wildman–Crippen LogP) is 6.00. The van der Waals surface area contributed by atoms with Crippen LogP contribution in [0.4, 0.5) is 5.69 Å². The first kappa shape index (κ1) is 31.5. The highest BCUT2D eigenvalue weighted by molar-refractivity contribution is 8.01. The number of nitrogens with zero attached hydrogens (tertiary/aromatic N) is 4. The molecule has 224 valence electrons. The molecular weight excluding hydrogens is 572 g/mol. The van der Waals surface area contributed by atoms with Gasteiger partial charge in [-0.2, -0.15) is 0 Å². The largest absolute Gasteiger partial charge is 0.497 e. The minimum atomic E-state index is -1.08. The van der Waals surface area contributed by atoms with Crippen molar-refractivity contribution in [3.05, 3.63) is 64.8 Å². The number of likely N-dealkylation sites (N-methyl/N-ethyl adjacent to an activating group) is 1. The van der Waals surface area contributed by atoms with Crippen LogP contribution in [0.15, 0.2) is 62.6 Å². The number of hydrogen-bond donors (Lipinski definition) is 2. The number of carbonyl (C=O) groups is 2. The van der Waals surface area contributed by atoms with Crippen molar-refractivity contribution in [2.45, 2.75) is 60.6 Å². The van der Waals surface area contributed by atoms with Gasteiger partial charge in [0.1, 0.15) is 11.4 Å². The number of aromatic nitrogens is 1. The molecule has 0 radical (unpaired) electrons. The zero-order chi connectivity index (χ0) is 30.2.